The van der Waals surface area contributed by atoms with E-state index in [0.29, 0.717) is 11.3 Å². The number of para-hydroxylation sites is 2. The quantitative estimate of drug-likeness (QED) is 0.820. The number of benzene rings is 1. The fourth-order valence-corrected chi connectivity index (χ4v) is 2.24. The molecule has 0 aliphatic carbocycles. The van der Waals surface area contributed by atoms with Gasteiger partial charge in [0, 0.05) is 6.54 Å². The van der Waals surface area contributed by atoms with E-state index in [1.165, 1.54) is 12.1 Å². The fraction of sp³-hybridized carbons (Fsp3) is 0.385. The highest BCUT2D eigenvalue weighted by atomic mass is 19.4. The zero-order chi connectivity index (χ0) is 15.6. The second kappa shape index (κ2) is 5.63. The number of nitrogens with zero attached hydrogens (tertiary/aromatic N) is 1. The molecule has 0 bridgehead atoms. The zero-order valence-corrected chi connectivity index (χ0v) is 10.9. The van der Waals surface area contributed by atoms with Crippen LogP contribution >= 0.6 is 0 Å². The highest BCUT2D eigenvalue weighted by Crippen LogP contribution is 2.28. The number of nitrogens with one attached hydrogen (secondary N) is 1. The number of halogens is 3. The van der Waals surface area contributed by atoms with Gasteiger partial charge in [-0.2, -0.15) is 13.2 Å². The molecule has 0 spiro atoms. The van der Waals surface area contributed by atoms with E-state index in [1.54, 1.807) is 12.1 Å². The highest BCUT2D eigenvalue weighted by Gasteiger charge is 2.47. The number of amides is 2. The van der Waals surface area contributed by atoms with Crippen molar-refractivity contribution in [3.05, 3.63) is 24.3 Å². The molecule has 5 nitrogen and oxygen atoms in total. The van der Waals surface area contributed by atoms with Crippen molar-refractivity contribution in [3.8, 4) is 5.75 Å². The number of likely N-dealkylation sites (tertiary alicyclic amines) is 1. The highest BCUT2D eigenvalue weighted by molar-refractivity contribution is 5.99. The normalized spacial score (nSPS) is 18.6. The van der Waals surface area contributed by atoms with Crippen molar-refractivity contribution >= 4 is 17.5 Å². The van der Waals surface area contributed by atoms with E-state index in [-0.39, 0.29) is 24.4 Å². The number of phenolic OH excluding ortho intramolecular Hbond substituents is 1. The SMILES string of the molecule is O=C(Nc1ccccc1O)C1CCCN1C(=O)C(F)(F)F. The summed E-state index contributed by atoms with van der Waals surface area (Å²) >= 11 is 0. The summed E-state index contributed by atoms with van der Waals surface area (Å²) in [5, 5.41) is 11.9. The first kappa shape index (κ1) is 15.1. The second-order valence-corrected chi connectivity index (χ2v) is 4.66. The van der Waals surface area contributed by atoms with Crippen LogP contribution in [-0.4, -0.2) is 40.6 Å². The standard InChI is InChI=1S/C13H13F3N2O3/c14-13(15,16)12(21)18-7-3-5-9(18)11(20)17-8-4-1-2-6-10(8)19/h1-2,4,6,9,19H,3,5,7H2,(H,17,20). The largest absolute Gasteiger partial charge is 0.506 e. The Kier molecular flexibility index (Phi) is 4.06. The van der Waals surface area contributed by atoms with Crippen LogP contribution in [0.5, 0.6) is 5.75 Å². The maximum absolute atomic E-state index is 12.5. The van der Waals surface area contributed by atoms with Crippen LogP contribution in [0.4, 0.5) is 18.9 Å². The van der Waals surface area contributed by atoms with E-state index >= 15 is 0 Å². The molecule has 114 valence electrons. The lowest BCUT2D eigenvalue weighted by molar-refractivity contribution is -0.186. The Labute approximate surface area is 118 Å². The molecule has 2 N–H and O–H groups in total. The summed E-state index contributed by atoms with van der Waals surface area (Å²) in [6, 6.07) is 4.67. The van der Waals surface area contributed by atoms with Gasteiger partial charge in [-0.15, -0.1) is 0 Å². The predicted molar refractivity (Wildman–Crippen MR) is 67.5 cm³/mol. The van der Waals surface area contributed by atoms with Crippen LogP contribution in [0.25, 0.3) is 0 Å². The zero-order valence-electron chi connectivity index (χ0n) is 10.9. The molecular weight excluding hydrogens is 289 g/mol. The number of carbonyl (C=O) groups excluding carboxylic acids is 2. The molecule has 1 aliphatic heterocycles. The number of hydrogen-bond acceptors (Lipinski definition) is 3. The van der Waals surface area contributed by atoms with Gasteiger partial charge in [0.25, 0.3) is 0 Å². The topological polar surface area (TPSA) is 69.6 Å². The third-order valence-electron chi connectivity index (χ3n) is 3.22. The third kappa shape index (κ3) is 3.26. The van der Waals surface area contributed by atoms with Gasteiger partial charge < -0.3 is 15.3 Å². The van der Waals surface area contributed by atoms with E-state index in [0.717, 1.165) is 0 Å². The molecule has 2 amide bonds. The summed E-state index contributed by atoms with van der Waals surface area (Å²) in [6.45, 7) is -0.114. The minimum atomic E-state index is -5.00. The number of anilines is 1. The molecule has 0 saturated carbocycles. The second-order valence-electron chi connectivity index (χ2n) is 4.66. The van der Waals surface area contributed by atoms with Gasteiger partial charge in [0.05, 0.1) is 5.69 Å². The monoisotopic (exact) mass is 302 g/mol. The molecule has 0 radical (unpaired) electrons. The van der Waals surface area contributed by atoms with Crippen LogP contribution < -0.4 is 5.32 Å². The van der Waals surface area contributed by atoms with Gasteiger partial charge in [0.2, 0.25) is 5.91 Å². The maximum atomic E-state index is 12.5. The minimum absolute atomic E-state index is 0.0915. The molecule has 2 rings (SSSR count). The molecule has 21 heavy (non-hydrogen) atoms. The lowest BCUT2D eigenvalue weighted by Gasteiger charge is -2.24. The average Bonchev–Trinajstić information content (AvgIpc) is 2.88. The number of phenols is 1. The Balaban J connectivity index is 2.12. The summed E-state index contributed by atoms with van der Waals surface area (Å²) in [7, 11) is 0. The van der Waals surface area contributed by atoms with Crippen molar-refractivity contribution in [2.75, 3.05) is 11.9 Å². The third-order valence-corrected chi connectivity index (χ3v) is 3.22. The van der Waals surface area contributed by atoms with Gasteiger partial charge in [-0.3, -0.25) is 9.59 Å². The van der Waals surface area contributed by atoms with Crippen molar-refractivity contribution in [1.29, 1.82) is 0 Å². The summed E-state index contributed by atoms with van der Waals surface area (Å²) in [5.74, 6) is -2.96. The van der Waals surface area contributed by atoms with E-state index in [2.05, 4.69) is 5.32 Å². The van der Waals surface area contributed by atoms with Crippen LogP contribution in [0.2, 0.25) is 0 Å². The van der Waals surface area contributed by atoms with Crippen molar-refractivity contribution in [3.63, 3.8) is 0 Å². The Morgan fingerprint density at radius 2 is 1.95 bits per heavy atom. The van der Waals surface area contributed by atoms with E-state index < -0.39 is 24.0 Å². The Hall–Kier alpha value is -2.25. The Morgan fingerprint density at radius 3 is 2.57 bits per heavy atom. The van der Waals surface area contributed by atoms with Crippen LogP contribution in [0.1, 0.15) is 12.8 Å². The lowest BCUT2D eigenvalue weighted by atomic mass is 10.2. The fourth-order valence-electron chi connectivity index (χ4n) is 2.24. The van der Waals surface area contributed by atoms with Gasteiger partial charge in [-0.25, -0.2) is 0 Å². The van der Waals surface area contributed by atoms with Crippen molar-refractivity contribution in [1.82, 2.24) is 4.90 Å². The number of rotatable bonds is 2. The molecule has 1 atom stereocenters. The van der Waals surface area contributed by atoms with Gasteiger partial charge in [0.15, 0.2) is 0 Å². The predicted octanol–water partition coefficient (Wildman–Crippen LogP) is 1.88. The Morgan fingerprint density at radius 1 is 1.29 bits per heavy atom. The lowest BCUT2D eigenvalue weighted by Crippen LogP contribution is -2.48. The van der Waals surface area contributed by atoms with Crippen LogP contribution in [0, 0.1) is 0 Å². The molecule has 1 aromatic rings. The summed E-state index contributed by atoms with van der Waals surface area (Å²) in [4.78, 5) is 23.8. The molecular formula is C13H13F3N2O3. The van der Waals surface area contributed by atoms with Crippen molar-refractivity contribution < 1.29 is 27.9 Å². The molecule has 1 aliphatic rings. The number of aromatic hydroxyl groups is 1. The number of hydrogen-bond donors (Lipinski definition) is 2. The first-order valence-corrected chi connectivity index (χ1v) is 6.27. The van der Waals surface area contributed by atoms with E-state index in [4.69, 9.17) is 0 Å². The molecule has 0 aromatic heterocycles. The smallest absolute Gasteiger partial charge is 0.471 e. The van der Waals surface area contributed by atoms with Crippen molar-refractivity contribution in [2.24, 2.45) is 0 Å². The number of carbonyl (C=O) groups is 2. The molecule has 1 fully saturated rings. The van der Waals surface area contributed by atoms with E-state index in [1.807, 2.05) is 0 Å². The molecule has 1 unspecified atom stereocenters. The first-order valence-electron chi connectivity index (χ1n) is 6.27. The molecule has 1 saturated heterocycles. The Bertz CT molecular complexity index is 560. The summed E-state index contributed by atoms with van der Waals surface area (Å²) in [5.41, 5.74) is 0.0915. The summed E-state index contributed by atoms with van der Waals surface area (Å²) in [6.07, 6.45) is -4.53. The van der Waals surface area contributed by atoms with Crippen molar-refractivity contribution in [2.45, 2.75) is 25.1 Å². The van der Waals surface area contributed by atoms with Gasteiger partial charge >= 0.3 is 12.1 Å². The number of alkyl halides is 3. The molecule has 8 heteroatoms. The molecule has 1 heterocycles. The summed E-state index contributed by atoms with van der Waals surface area (Å²) < 4.78 is 37.4. The van der Waals surface area contributed by atoms with Crippen LogP contribution in [-0.2, 0) is 9.59 Å². The van der Waals surface area contributed by atoms with E-state index in [9.17, 15) is 27.9 Å². The minimum Gasteiger partial charge on any atom is -0.506 e. The van der Waals surface area contributed by atoms with Crippen LogP contribution in [0.3, 0.4) is 0 Å². The first-order chi connectivity index (χ1) is 9.80. The van der Waals surface area contributed by atoms with Gasteiger partial charge in [-0.05, 0) is 25.0 Å². The maximum Gasteiger partial charge on any atom is 0.471 e. The van der Waals surface area contributed by atoms with Gasteiger partial charge in [0.1, 0.15) is 11.8 Å². The average molecular weight is 302 g/mol. The van der Waals surface area contributed by atoms with Gasteiger partial charge in [-0.1, -0.05) is 12.1 Å². The molecule has 1 aromatic carbocycles. The van der Waals surface area contributed by atoms with Crippen LogP contribution in [0.15, 0.2) is 24.3 Å².